The zero-order valence-corrected chi connectivity index (χ0v) is 17.6. The van der Waals surface area contributed by atoms with Crippen molar-refractivity contribution in [3.05, 3.63) is 58.8 Å². The van der Waals surface area contributed by atoms with Gasteiger partial charge in [-0.2, -0.15) is 5.10 Å². The van der Waals surface area contributed by atoms with Gasteiger partial charge >= 0.3 is 5.69 Å². The van der Waals surface area contributed by atoms with Gasteiger partial charge < -0.3 is 15.0 Å². The van der Waals surface area contributed by atoms with Gasteiger partial charge in [-0.1, -0.05) is 18.7 Å². The van der Waals surface area contributed by atoms with E-state index in [4.69, 9.17) is 4.74 Å². The van der Waals surface area contributed by atoms with Crippen molar-refractivity contribution < 1.29 is 14.3 Å². The summed E-state index contributed by atoms with van der Waals surface area (Å²) in [4.78, 5) is 39.2. The van der Waals surface area contributed by atoms with E-state index in [9.17, 15) is 14.4 Å². The van der Waals surface area contributed by atoms with E-state index in [0.717, 1.165) is 36.4 Å². The van der Waals surface area contributed by atoms with E-state index in [1.165, 1.54) is 10.8 Å². The van der Waals surface area contributed by atoms with Gasteiger partial charge in [-0.05, 0) is 36.6 Å². The van der Waals surface area contributed by atoms with Crippen molar-refractivity contribution in [1.82, 2.24) is 24.6 Å². The van der Waals surface area contributed by atoms with Gasteiger partial charge in [0.1, 0.15) is 18.1 Å². The van der Waals surface area contributed by atoms with Crippen molar-refractivity contribution in [3.63, 3.8) is 0 Å². The smallest absolute Gasteiger partial charge is 0.346 e. The Bertz CT molecular complexity index is 1040. The zero-order chi connectivity index (χ0) is 22.0. The molecule has 1 aromatic carbocycles. The normalized spacial score (nSPS) is 20.2. The van der Waals surface area contributed by atoms with E-state index < -0.39 is 0 Å². The van der Waals surface area contributed by atoms with E-state index in [1.807, 2.05) is 24.3 Å². The summed E-state index contributed by atoms with van der Waals surface area (Å²) in [6.45, 7) is 4.87. The molecule has 0 bridgehead atoms. The minimum absolute atomic E-state index is 0.0781. The number of carbonyl (C=O) groups excluding carboxylic acids is 2. The van der Waals surface area contributed by atoms with Gasteiger partial charge in [-0.15, -0.1) is 0 Å². The number of hydrogen-bond acceptors (Lipinski definition) is 5. The summed E-state index contributed by atoms with van der Waals surface area (Å²) < 4.78 is 8.15. The molecule has 1 N–H and O–H groups in total. The number of carbonyl (C=O) groups is 2. The lowest BCUT2D eigenvalue weighted by molar-refractivity contribution is -0.131. The predicted molar refractivity (Wildman–Crippen MR) is 114 cm³/mol. The molecule has 1 saturated heterocycles. The molecule has 2 atom stereocenters. The molecule has 1 aromatic heterocycles. The number of rotatable bonds is 6. The van der Waals surface area contributed by atoms with Gasteiger partial charge in [0.25, 0.3) is 0 Å². The number of methoxy groups -OCH3 is 1. The van der Waals surface area contributed by atoms with Crippen LogP contribution in [0.5, 0.6) is 5.75 Å². The van der Waals surface area contributed by atoms with Crippen LogP contribution in [-0.4, -0.2) is 57.3 Å². The van der Waals surface area contributed by atoms with Crippen LogP contribution in [0, 0.1) is 0 Å². The molecule has 9 nitrogen and oxygen atoms in total. The third kappa shape index (κ3) is 4.26. The number of amides is 2. The highest BCUT2D eigenvalue weighted by Gasteiger charge is 2.37. The third-order valence-corrected chi connectivity index (χ3v) is 6.05. The summed E-state index contributed by atoms with van der Waals surface area (Å²) in [5.74, 6) is 0.940. The van der Waals surface area contributed by atoms with Crippen LogP contribution in [0.2, 0.25) is 0 Å². The van der Waals surface area contributed by atoms with Crippen molar-refractivity contribution in [3.8, 4) is 5.75 Å². The lowest BCUT2D eigenvalue weighted by Crippen LogP contribution is -2.40. The number of aryl methyl sites for hydroxylation is 1. The van der Waals surface area contributed by atoms with Crippen LogP contribution in [-0.2, 0) is 29.1 Å². The minimum Gasteiger partial charge on any atom is -0.497 e. The quantitative estimate of drug-likeness (QED) is 0.687. The topological polar surface area (TPSA) is 98.5 Å². The molecule has 2 aliphatic heterocycles. The SMILES string of the molecule is C=CC(=O)N[C@@H]1CN(C(=O)Cn2nc3n(c2=O)CCCC3)C[C@H]1c1ccc(OC)cc1. The molecule has 9 heteroatoms. The van der Waals surface area contributed by atoms with Crippen LogP contribution >= 0.6 is 0 Å². The zero-order valence-electron chi connectivity index (χ0n) is 17.6. The van der Waals surface area contributed by atoms with E-state index in [0.29, 0.717) is 19.6 Å². The fourth-order valence-electron chi connectivity index (χ4n) is 4.36. The summed E-state index contributed by atoms with van der Waals surface area (Å²) in [6, 6.07) is 7.36. The Labute approximate surface area is 180 Å². The van der Waals surface area contributed by atoms with Crippen molar-refractivity contribution in [2.45, 2.75) is 44.3 Å². The summed E-state index contributed by atoms with van der Waals surface area (Å²) in [6.07, 6.45) is 3.94. The maximum atomic E-state index is 13.0. The summed E-state index contributed by atoms with van der Waals surface area (Å²) in [5, 5.41) is 7.30. The Morgan fingerprint density at radius 3 is 2.71 bits per heavy atom. The monoisotopic (exact) mass is 425 g/mol. The highest BCUT2D eigenvalue weighted by atomic mass is 16.5. The molecule has 164 valence electrons. The predicted octanol–water partition coefficient (Wildman–Crippen LogP) is 0.687. The molecule has 31 heavy (non-hydrogen) atoms. The fraction of sp³-hybridized carbons (Fsp3) is 0.455. The lowest BCUT2D eigenvalue weighted by Gasteiger charge is -2.19. The van der Waals surface area contributed by atoms with Crippen molar-refractivity contribution in [1.29, 1.82) is 0 Å². The largest absolute Gasteiger partial charge is 0.497 e. The fourth-order valence-corrected chi connectivity index (χ4v) is 4.36. The van der Waals surface area contributed by atoms with Gasteiger partial charge in [0.2, 0.25) is 11.8 Å². The number of benzene rings is 1. The van der Waals surface area contributed by atoms with Crippen LogP contribution in [0.1, 0.15) is 30.1 Å². The Hall–Kier alpha value is -3.36. The molecule has 0 spiro atoms. The first-order valence-electron chi connectivity index (χ1n) is 10.5. The standard InChI is InChI=1S/C22H27N5O4/c1-3-20(28)23-18-13-25(12-17(18)15-7-9-16(31-2)10-8-15)21(29)14-27-22(30)26-11-5-4-6-19(26)24-27/h3,7-10,17-18H,1,4-6,11-14H2,2H3,(H,23,28)/t17-,18+/m0/s1. The third-order valence-electron chi connectivity index (χ3n) is 6.05. The van der Waals surface area contributed by atoms with Gasteiger partial charge in [0.05, 0.1) is 13.2 Å². The molecule has 0 radical (unpaired) electrons. The number of hydrogen-bond donors (Lipinski definition) is 1. The molecular formula is C22H27N5O4. The molecule has 0 aliphatic carbocycles. The maximum absolute atomic E-state index is 13.0. The first kappa shape index (κ1) is 20.9. The van der Waals surface area contributed by atoms with Crippen LogP contribution < -0.4 is 15.7 Å². The van der Waals surface area contributed by atoms with E-state index in [-0.39, 0.29) is 36.0 Å². The number of likely N-dealkylation sites (tertiary alicyclic amines) is 1. The van der Waals surface area contributed by atoms with Crippen molar-refractivity contribution in [2.24, 2.45) is 0 Å². The van der Waals surface area contributed by atoms with E-state index >= 15 is 0 Å². The number of nitrogens with zero attached hydrogens (tertiary/aromatic N) is 4. The molecule has 1 fully saturated rings. The Kier molecular flexibility index (Phi) is 5.92. The molecule has 2 aromatic rings. The molecular weight excluding hydrogens is 398 g/mol. The Morgan fingerprint density at radius 2 is 2.03 bits per heavy atom. The lowest BCUT2D eigenvalue weighted by atomic mass is 9.94. The van der Waals surface area contributed by atoms with Crippen LogP contribution in [0.4, 0.5) is 0 Å². The molecule has 4 rings (SSSR count). The summed E-state index contributed by atoms with van der Waals surface area (Å²) in [7, 11) is 1.60. The minimum atomic E-state index is -0.282. The van der Waals surface area contributed by atoms with E-state index in [1.54, 1.807) is 16.6 Å². The van der Waals surface area contributed by atoms with Crippen LogP contribution in [0.25, 0.3) is 0 Å². The average Bonchev–Trinajstić information content (AvgIpc) is 3.35. The number of ether oxygens (including phenoxy) is 1. The van der Waals surface area contributed by atoms with Crippen LogP contribution in [0.3, 0.4) is 0 Å². The molecule has 0 saturated carbocycles. The second kappa shape index (κ2) is 8.79. The first-order valence-corrected chi connectivity index (χ1v) is 10.5. The maximum Gasteiger partial charge on any atom is 0.346 e. The van der Waals surface area contributed by atoms with E-state index in [2.05, 4.69) is 17.0 Å². The van der Waals surface area contributed by atoms with Gasteiger partial charge in [0.15, 0.2) is 0 Å². The van der Waals surface area contributed by atoms with Gasteiger partial charge in [-0.3, -0.25) is 14.2 Å². The second-order valence-corrected chi connectivity index (χ2v) is 7.96. The average molecular weight is 425 g/mol. The summed E-state index contributed by atoms with van der Waals surface area (Å²) >= 11 is 0. The molecule has 3 heterocycles. The highest BCUT2D eigenvalue weighted by molar-refractivity contribution is 5.87. The number of fused-ring (bicyclic) bond motifs is 1. The first-order chi connectivity index (χ1) is 15.0. The van der Waals surface area contributed by atoms with Crippen molar-refractivity contribution in [2.75, 3.05) is 20.2 Å². The summed E-state index contributed by atoms with van der Waals surface area (Å²) in [5.41, 5.74) is 0.769. The van der Waals surface area contributed by atoms with Crippen molar-refractivity contribution >= 4 is 11.8 Å². The second-order valence-electron chi connectivity index (χ2n) is 7.96. The van der Waals surface area contributed by atoms with Gasteiger partial charge in [-0.25, -0.2) is 9.48 Å². The number of nitrogens with one attached hydrogen (secondary N) is 1. The van der Waals surface area contributed by atoms with Gasteiger partial charge in [0, 0.05) is 32.0 Å². The highest BCUT2D eigenvalue weighted by Crippen LogP contribution is 2.29. The Morgan fingerprint density at radius 1 is 1.26 bits per heavy atom. The Balaban J connectivity index is 1.52. The molecule has 0 unspecified atom stereocenters. The molecule has 2 amide bonds. The number of aromatic nitrogens is 3. The molecule has 2 aliphatic rings. The van der Waals surface area contributed by atoms with Crippen LogP contribution in [0.15, 0.2) is 41.7 Å².